The van der Waals surface area contributed by atoms with Crippen LogP contribution < -0.4 is 4.90 Å². The molecular formula is C11H16ClN3O. The van der Waals surface area contributed by atoms with E-state index in [1.165, 1.54) is 6.42 Å². The Labute approximate surface area is 100 Å². The van der Waals surface area contributed by atoms with Crippen LogP contribution in [0.5, 0.6) is 0 Å². The molecule has 1 N–H and O–H groups in total. The molecule has 1 fully saturated rings. The second-order valence-corrected chi connectivity index (χ2v) is 4.57. The smallest absolute Gasteiger partial charge is 0.151 e. The van der Waals surface area contributed by atoms with E-state index in [9.17, 15) is 0 Å². The van der Waals surface area contributed by atoms with Gasteiger partial charge in [0.1, 0.15) is 0 Å². The molecule has 1 aliphatic heterocycles. The van der Waals surface area contributed by atoms with Gasteiger partial charge in [0.25, 0.3) is 0 Å². The van der Waals surface area contributed by atoms with Crippen molar-refractivity contribution in [2.45, 2.75) is 19.3 Å². The van der Waals surface area contributed by atoms with Gasteiger partial charge >= 0.3 is 0 Å². The van der Waals surface area contributed by atoms with Crippen LogP contribution in [0.1, 0.15) is 19.3 Å². The molecule has 2 heterocycles. The van der Waals surface area contributed by atoms with Crippen LogP contribution in [0.2, 0.25) is 5.15 Å². The number of hydrogen-bond acceptors (Lipinski definition) is 4. The van der Waals surface area contributed by atoms with Crippen LogP contribution in [0.25, 0.3) is 0 Å². The fourth-order valence-electron chi connectivity index (χ4n) is 2.17. The summed E-state index contributed by atoms with van der Waals surface area (Å²) in [6.45, 7) is 2.24. The Kier molecular flexibility index (Phi) is 3.96. The molecule has 16 heavy (non-hydrogen) atoms. The van der Waals surface area contributed by atoms with Crippen molar-refractivity contribution in [2.75, 3.05) is 24.6 Å². The highest BCUT2D eigenvalue weighted by atomic mass is 35.5. The van der Waals surface area contributed by atoms with Gasteiger partial charge in [0.2, 0.25) is 0 Å². The number of anilines is 1. The molecule has 4 nitrogen and oxygen atoms in total. The third-order valence-corrected chi connectivity index (χ3v) is 3.20. The second kappa shape index (κ2) is 5.46. The van der Waals surface area contributed by atoms with Crippen LogP contribution >= 0.6 is 11.6 Å². The fraction of sp³-hybridized carbons (Fsp3) is 0.636. The van der Waals surface area contributed by atoms with Gasteiger partial charge in [-0.05, 0) is 37.3 Å². The molecule has 1 atom stereocenters. The summed E-state index contributed by atoms with van der Waals surface area (Å²) in [6, 6.07) is 3.66. The van der Waals surface area contributed by atoms with Crippen LogP contribution in [0, 0.1) is 5.92 Å². The van der Waals surface area contributed by atoms with Gasteiger partial charge in [-0.15, -0.1) is 10.2 Å². The molecule has 0 radical (unpaired) electrons. The fourth-order valence-corrected chi connectivity index (χ4v) is 2.27. The summed E-state index contributed by atoms with van der Waals surface area (Å²) in [4.78, 5) is 2.22. The van der Waals surface area contributed by atoms with Crippen LogP contribution in [-0.2, 0) is 0 Å². The van der Waals surface area contributed by atoms with Crippen LogP contribution in [0.15, 0.2) is 12.1 Å². The molecule has 0 bridgehead atoms. The standard InChI is InChI=1S/C11H16ClN3O/c12-10-3-4-11(14-13-10)15-6-1-2-9(8-15)5-7-16/h3-4,9,16H,1-2,5-8H2. The third-order valence-electron chi connectivity index (χ3n) is 3.00. The summed E-state index contributed by atoms with van der Waals surface area (Å²) in [5, 5.41) is 17.3. The van der Waals surface area contributed by atoms with E-state index in [1.54, 1.807) is 6.07 Å². The van der Waals surface area contributed by atoms with Gasteiger partial charge in [-0.25, -0.2) is 0 Å². The van der Waals surface area contributed by atoms with Crippen LogP contribution in [-0.4, -0.2) is 35.0 Å². The number of rotatable bonds is 3. The largest absolute Gasteiger partial charge is 0.396 e. The summed E-state index contributed by atoms with van der Waals surface area (Å²) < 4.78 is 0. The summed E-state index contributed by atoms with van der Waals surface area (Å²) >= 11 is 5.70. The number of aromatic nitrogens is 2. The number of hydrogen-bond donors (Lipinski definition) is 1. The topological polar surface area (TPSA) is 49.2 Å². The molecule has 0 spiro atoms. The van der Waals surface area contributed by atoms with E-state index in [0.29, 0.717) is 11.1 Å². The van der Waals surface area contributed by atoms with Crippen molar-refractivity contribution < 1.29 is 5.11 Å². The van der Waals surface area contributed by atoms with Gasteiger partial charge in [0, 0.05) is 19.7 Å². The van der Waals surface area contributed by atoms with Gasteiger partial charge in [0.15, 0.2) is 11.0 Å². The van der Waals surface area contributed by atoms with E-state index < -0.39 is 0 Å². The van der Waals surface area contributed by atoms with Crippen LogP contribution in [0.3, 0.4) is 0 Å². The minimum Gasteiger partial charge on any atom is -0.396 e. The lowest BCUT2D eigenvalue weighted by atomic mass is 9.95. The highest BCUT2D eigenvalue weighted by Crippen LogP contribution is 2.23. The van der Waals surface area contributed by atoms with Crippen molar-refractivity contribution >= 4 is 17.4 Å². The first kappa shape index (κ1) is 11.6. The van der Waals surface area contributed by atoms with Gasteiger partial charge < -0.3 is 10.0 Å². The van der Waals surface area contributed by atoms with Gasteiger partial charge in [-0.2, -0.15) is 0 Å². The Morgan fingerprint density at radius 3 is 3.00 bits per heavy atom. The lowest BCUT2D eigenvalue weighted by Crippen LogP contribution is -2.36. The predicted octanol–water partition coefficient (Wildman–Crippen LogP) is 1.73. The molecule has 1 aromatic rings. The molecule has 1 aromatic heterocycles. The highest BCUT2D eigenvalue weighted by molar-refractivity contribution is 6.29. The molecule has 0 aromatic carbocycles. The Morgan fingerprint density at radius 1 is 1.44 bits per heavy atom. The van der Waals surface area contributed by atoms with E-state index in [-0.39, 0.29) is 6.61 Å². The first-order chi connectivity index (χ1) is 7.79. The molecule has 5 heteroatoms. The van der Waals surface area contributed by atoms with Crippen LogP contribution in [0.4, 0.5) is 5.82 Å². The zero-order chi connectivity index (χ0) is 11.4. The maximum atomic E-state index is 8.95. The number of aliphatic hydroxyl groups excluding tert-OH is 1. The van der Waals surface area contributed by atoms with Gasteiger partial charge in [0.05, 0.1) is 0 Å². The minimum atomic E-state index is 0.269. The SMILES string of the molecule is OCCC1CCCN(c2ccc(Cl)nn2)C1. The lowest BCUT2D eigenvalue weighted by molar-refractivity contribution is 0.244. The van der Waals surface area contributed by atoms with Gasteiger partial charge in [-0.1, -0.05) is 11.6 Å². The molecule has 2 rings (SSSR count). The molecule has 1 saturated heterocycles. The van der Waals surface area contributed by atoms with E-state index in [0.717, 1.165) is 31.7 Å². The Balaban J connectivity index is 2.01. The molecule has 0 amide bonds. The quantitative estimate of drug-likeness (QED) is 0.876. The van der Waals surface area contributed by atoms with Crippen molar-refractivity contribution in [3.05, 3.63) is 17.3 Å². The maximum absolute atomic E-state index is 8.95. The zero-order valence-electron chi connectivity index (χ0n) is 9.14. The van der Waals surface area contributed by atoms with E-state index in [2.05, 4.69) is 15.1 Å². The average molecular weight is 242 g/mol. The molecule has 1 unspecified atom stereocenters. The first-order valence-corrected chi connectivity index (χ1v) is 6.02. The minimum absolute atomic E-state index is 0.269. The zero-order valence-corrected chi connectivity index (χ0v) is 9.90. The Morgan fingerprint density at radius 2 is 2.31 bits per heavy atom. The summed E-state index contributed by atoms with van der Waals surface area (Å²) in [6.07, 6.45) is 3.21. The number of halogens is 1. The summed E-state index contributed by atoms with van der Waals surface area (Å²) in [7, 11) is 0. The van der Waals surface area contributed by atoms with Crippen molar-refractivity contribution in [1.82, 2.24) is 10.2 Å². The molecule has 0 aliphatic carbocycles. The predicted molar refractivity (Wildman–Crippen MR) is 63.7 cm³/mol. The number of piperidine rings is 1. The van der Waals surface area contributed by atoms with Crippen molar-refractivity contribution in [2.24, 2.45) is 5.92 Å². The maximum Gasteiger partial charge on any atom is 0.151 e. The molecule has 88 valence electrons. The van der Waals surface area contributed by atoms with E-state index in [4.69, 9.17) is 16.7 Å². The molecular weight excluding hydrogens is 226 g/mol. The Bertz CT molecular complexity index is 329. The van der Waals surface area contributed by atoms with Crippen molar-refractivity contribution in [1.29, 1.82) is 0 Å². The van der Waals surface area contributed by atoms with Gasteiger partial charge in [-0.3, -0.25) is 0 Å². The Hall–Kier alpha value is -0.870. The monoisotopic (exact) mass is 241 g/mol. The number of nitrogens with zero attached hydrogens (tertiary/aromatic N) is 3. The highest BCUT2D eigenvalue weighted by Gasteiger charge is 2.20. The third kappa shape index (κ3) is 2.83. The normalized spacial score (nSPS) is 21.1. The lowest BCUT2D eigenvalue weighted by Gasteiger charge is -2.33. The molecule has 1 aliphatic rings. The average Bonchev–Trinajstić information content (AvgIpc) is 2.31. The second-order valence-electron chi connectivity index (χ2n) is 4.18. The van der Waals surface area contributed by atoms with E-state index in [1.807, 2.05) is 6.07 Å². The van der Waals surface area contributed by atoms with E-state index >= 15 is 0 Å². The van der Waals surface area contributed by atoms with Crippen molar-refractivity contribution in [3.8, 4) is 0 Å². The first-order valence-electron chi connectivity index (χ1n) is 5.64. The number of aliphatic hydroxyl groups is 1. The summed E-state index contributed by atoms with van der Waals surface area (Å²) in [5.41, 5.74) is 0. The van der Waals surface area contributed by atoms with Crippen molar-refractivity contribution in [3.63, 3.8) is 0 Å². The molecule has 0 saturated carbocycles. The summed E-state index contributed by atoms with van der Waals surface area (Å²) in [5.74, 6) is 1.45.